The molecule has 1 aromatic rings. The molecule has 0 radical (unpaired) electrons. The number of hydrogen-bond acceptors (Lipinski definition) is 5. The van der Waals surface area contributed by atoms with Gasteiger partial charge in [0.1, 0.15) is 0 Å². The highest BCUT2D eigenvalue weighted by Gasteiger charge is 2.16. The average Bonchev–Trinajstić information content (AvgIpc) is 2.63. The molecular weight excluding hydrogens is 342 g/mol. The van der Waals surface area contributed by atoms with Crippen molar-refractivity contribution in [3.8, 4) is 0 Å². The van der Waals surface area contributed by atoms with Crippen molar-refractivity contribution in [2.24, 2.45) is 4.99 Å². The van der Waals surface area contributed by atoms with Crippen LogP contribution >= 0.6 is 23.4 Å². The van der Waals surface area contributed by atoms with Crippen LogP contribution in [0, 0.1) is 0 Å². The molecule has 1 fully saturated rings. The van der Waals surface area contributed by atoms with Gasteiger partial charge >= 0.3 is 0 Å². The van der Waals surface area contributed by atoms with E-state index in [1.165, 1.54) is 22.9 Å². The first-order chi connectivity index (χ1) is 11.8. The van der Waals surface area contributed by atoms with Crippen LogP contribution in [0.3, 0.4) is 0 Å². The zero-order valence-electron chi connectivity index (χ0n) is 14.1. The summed E-state index contributed by atoms with van der Waals surface area (Å²) in [6.07, 6.45) is 2.34. The second-order valence-electron chi connectivity index (χ2n) is 6.23. The maximum Gasteiger partial charge on any atom is 0.159 e. The second-order valence-corrected chi connectivity index (χ2v) is 7.72. The Hall–Kier alpha value is -0.750. The van der Waals surface area contributed by atoms with Gasteiger partial charge in [0.2, 0.25) is 0 Å². The molecule has 6 heteroatoms. The van der Waals surface area contributed by atoms with Gasteiger partial charge in [-0.15, -0.1) is 0 Å². The van der Waals surface area contributed by atoms with Gasteiger partial charge < -0.3 is 9.64 Å². The van der Waals surface area contributed by atoms with Crippen LogP contribution in [-0.4, -0.2) is 66.7 Å². The molecule has 0 bridgehead atoms. The van der Waals surface area contributed by atoms with Crippen LogP contribution in [0.25, 0.3) is 0 Å². The fourth-order valence-electron chi connectivity index (χ4n) is 3.05. The number of benzene rings is 1. The molecular formula is C18H26ClN3OS. The zero-order valence-corrected chi connectivity index (χ0v) is 15.7. The maximum absolute atomic E-state index is 6.15. The molecule has 132 valence electrons. The summed E-state index contributed by atoms with van der Waals surface area (Å²) < 4.78 is 5.43. The first-order valence-electron chi connectivity index (χ1n) is 8.78. The Labute approximate surface area is 154 Å². The lowest BCUT2D eigenvalue weighted by molar-refractivity contribution is 0.0368. The number of nitrogens with zero attached hydrogens (tertiary/aromatic N) is 3. The van der Waals surface area contributed by atoms with Crippen LogP contribution in [0.1, 0.15) is 18.4 Å². The van der Waals surface area contributed by atoms with Gasteiger partial charge in [0, 0.05) is 50.0 Å². The highest BCUT2D eigenvalue weighted by molar-refractivity contribution is 8.13. The first-order valence-corrected chi connectivity index (χ1v) is 10.1. The van der Waals surface area contributed by atoms with Crippen molar-refractivity contribution in [2.75, 3.05) is 51.7 Å². The van der Waals surface area contributed by atoms with Crippen LogP contribution < -0.4 is 0 Å². The molecule has 4 nitrogen and oxygen atoms in total. The minimum atomic E-state index is 0.805. The summed E-state index contributed by atoms with van der Waals surface area (Å²) in [6.45, 7) is 7.87. The third-order valence-corrected chi connectivity index (χ3v) is 5.69. The SMILES string of the molecule is Clc1cccc(CN(CCCN2CCOCC2)C2=NCCCS2)c1. The van der Waals surface area contributed by atoms with Crippen molar-refractivity contribution < 1.29 is 4.74 Å². The van der Waals surface area contributed by atoms with E-state index in [2.05, 4.69) is 21.9 Å². The quantitative estimate of drug-likeness (QED) is 0.770. The van der Waals surface area contributed by atoms with E-state index in [1.807, 2.05) is 23.9 Å². The Morgan fingerprint density at radius 2 is 2.17 bits per heavy atom. The molecule has 0 aliphatic carbocycles. The van der Waals surface area contributed by atoms with Gasteiger partial charge in [-0.05, 0) is 30.5 Å². The predicted octanol–water partition coefficient (Wildman–Crippen LogP) is 3.36. The van der Waals surface area contributed by atoms with E-state index in [9.17, 15) is 0 Å². The number of aliphatic imine (C=N–C) groups is 1. The van der Waals surface area contributed by atoms with Gasteiger partial charge in [-0.1, -0.05) is 35.5 Å². The van der Waals surface area contributed by atoms with Gasteiger partial charge in [0.25, 0.3) is 0 Å². The Balaban J connectivity index is 1.57. The smallest absolute Gasteiger partial charge is 0.159 e. The summed E-state index contributed by atoms with van der Waals surface area (Å²) in [5.74, 6) is 1.17. The zero-order chi connectivity index (χ0) is 16.6. The molecule has 2 aliphatic heterocycles. The fourth-order valence-corrected chi connectivity index (χ4v) is 4.24. The van der Waals surface area contributed by atoms with E-state index < -0.39 is 0 Å². The summed E-state index contributed by atoms with van der Waals surface area (Å²) >= 11 is 8.04. The van der Waals surface area contributed by atoms with Crippen molar-refractivity contribution >= 4 is 28.5 Å². The minimum absolute atomic E-state index is 0.805. The highest BCUT2D eigenvalue weighted by atomic mass is 35.5. The molecule has 0 saturated carbocycles. The minimum Gasteiger partial charge on any atom is -0.379 e. The lowest BCUT2D eigenvalue weighted by atomic mass is 10.2. The normalized spacial score (nSPS) is 19.1. The third kappa shape index (κ3) is 5.66. The monoisotopic (exact) mass is 367 g/mol. The van der Waals surface area contributed by atoms with Gasteiger partial charge in [-0.3, -0.25) is 9.89 Å². The standard InChI is InChI=1S/C18H26ClN3OS/c19-17-5-1-4-16(14-17)15-22(18-20-6-2-13-24-18)8-3-7-21-9-11-23-12-10-21/h1,4-5,14H,2-3,6-13,15H2. The number of rotatable bonds is 6. The maximum atomic E-state index is 6.15. The number of ether oxygens (including phenoxy) is 1. The summed E-state index contributed by atoms with van der Waals surface area (Å²) in [5.41, 5.74) is 1.25. The molecule has 24 heavy (non-hydrogen) atoms. The number of thioether (sulfide) groups is 1. The summed E-state index contributed by atoms with van der Waals surface area (Å²) in [7, 11) is 0. The highest BCUT2D eigenvalue weighted by Crippen LogP contribution is 2.20. The number of halogens is 1. The van der Waals surface area contributed by atoms with Crippen LogP contribution in [0.2, 0.25) is 5.02 Å². The molecule has 0 aromatic heterocycles. The van der Waals surface area contributed by atoms with Crippen molar-refractivity contribution in [3.05, 3.63) is 34.9 Å². The largest absolute Gasteiger partial charge is 0.379 e. The Morgan fingerprint density at radius 1 is 1.29 bits per heavy atom. The van der Waals surface area contributed by atoms with E-state index in [4.69, 9.17) is 21.3 Å². The first kappa shape index (κ1) is 18.1. The predicted molar refractivity (Wildman–Crippen MR) is 103 cm³/mol. The van der Waals surface area contributed by atoms with Crippen molar-refractivity contribution in [2.45, 2.75) is 19.4 Å². The number of morpholine rings is 1. The van der Waals surface area contributed by atoms with Crippen molar-refractivity contribution in [3.63, 3.8) is 0 Å². The summed E-state index contributed by atoms with van der Waals surface area (Å²) in [6, 6.07) is 8.17. The van der Waals surface area contributed by atoms with Crippen LogP contribution in [0.5, 0.6) is 0 Å². The molecule has 3 rings (SSSR count). The molecule has 1 saturated heterocycles. The Kier molecular flexibility index (Phi) is 7.27. The number of amidine groups is 1. The van der Waals surface area contributed by atoms with E-state index in [0.29, 0.717) is 0 Å². The van der Waals surface area contributed by atoms with E-state index in [1.54, 1.807) is 0 Å². The van der Waals surface area contributed by atoms with Gasteiger partial charge in [-0.2, -0.15) is 0 Å². The van der Waals surface area contributed by atoms with Crippen molar-refractivity contribution in [1.82, 2.24) is 9.80 Å². The molecule has 0 N–H and O–H groups in total. The van der Waals surface area contributed by atoms with Crippen LogP contribution in [-0.2, 0) is 11.3 Å². The van der Waals surface area contributed by atoms with Gasteiger partial charge in [0.05, 0.1) is 13.2 Å². The fraction of sp³-hybridized carbons (Fsp3) is 0.611. The molecule has 1 aromatic carbocycles. The average molecular weight is 368 g/mol. The summed E-state index contributed by atoms with van der Waals surface area (Å²) in [4.78, 5) is 9.68. The van der Waals surface area contributed by atoms with Gasteiger partial charge in [0.15, 0.2) is 5.17 Å². The Morgan fingerprint density at radius 3 is 2.92 bits per heavy atom. The van der Waals surface area contributed by atoms with Crippen LogP contribution in [0.15, 0.2) is 29.3 Å². The van der Waals surface area contributed by atoms with Crippen LogP contribution in [0.4, 0.5) is 0 Å². The Bertz CT molecular complexity index is 549. The lowest BCUT2D eigenvalue weighted by Gasteiger charge is -2.30. The van der Waals surface area contributed by atoms with Gasteiger partial charge in [-0.25, -0.2) is 0 Å². The van der Waals surface area contributed by atoms with E-state index in [-0.39, 0.29) is 0 Å². The topological polar surface area (TPSA) is 28.1 Å². The molecule has 2 aliphatic rings. The third-order valence-electron chi connectivity index (χ3n) is 4.32. The molecule has 0 spiro atoms. The number of hydrogen-bond donors (Lipinski definition) is 0. The van der Waals surface area contributed by atoms with E-state index in [0.717, 1.165) is 63.9 Å². The van der Waals surface area contributed by atoms with E-state index >= 15 is 0 Å². The molecule has 0 amide bonds. The molecule has 0 atom stereocenters. The summed E-state index contributed by atoms with van der Waals surface area (Å²) in [5, 5.41) is 2.00. The molecule has 2 heterocycles. The second kappa shape index (κ2) is 9.66. The van der Waals surface area contributed by atoms with Crippen molar-refractivity contribution in [1.29, 1.82) is 0 Å². The molecule has 0 unspecified atom stereocenters. The lowest BCUT2D eigenvalue weighted by Crippen LogP contribution is -2.39.